The molecule has 2 aromatic rings. The summed E-state index contributed by atoms with van der Waals surface area (Å²) in [7, 11) is 0. The van der Waals surface area contributed by atoms with E-state index in [2.05, 4.69) is 0 Å². The average molecular weight is 418 g/mol. The fraction of sp³-hybridized carbons (Fsp3) is 0.318. The van der Waals surface area contributed by atoms with E-state index in [-0.39, 0.29) is 17.2 Å². The van der Waals surface area contributed by atoms with Crippen LogP contribution in [-0.2, 0) is 10.5 Å². The lowest BCUT2D eigenvalue weighted by molar-refractivity contribution is -0.0500. The van der Waals surface area contributed by atoms with Crippen molar-refractivity contribution < 1.29 is 23.4 Å². The van der Waals surface area contributed by atoms with Crippen LogP contribution in [0.2, 0.25) is 5.02 Å². The Morgan fingerprint density at radius 3 is 2.38 bits per heavy atom. The summed E-state index contributed by atoms with van der Waals surface area (Å²) >= 11 is 6.02. The highest BCUT2D eigenvalue weighted by atomic mass is 35.5. The summed E-state index contributed by atoms with van der Waals surface area (Å²) in [5.74, 6) is -1.71. The fourth-order valence-electron chi connectivity index (χ4n) is 3.49. The van der Waals surface area contributed by atoms with Gasteiger partial charge in [-0.2, -0.15) is 0 Å². The molecule has 1 saturated heterocycles. The van der Waals surface area contributed by atoms with Gasteiger partial charge in [0.2, 0.25) is 0 Å². The largest absolute Gasteiger partial charge is 0.441 e. The zero-order valence-corrected chi connectivity index (χ0v) is 17.0. The molecule has 0 saturated carbocycles. The summed E-state index contributed by atoms with van der Waals surface area (Å²) in [6, 6.07) is 9.72. The minimum absolute atomic E-state index is 0.0423. The maximum atomic E-state index is 14.8. The number of carbonyl (C=O) groups is 1. The highest BCUT2D eigenvalue weighted by Gasteiger charge is 2.46. The molecular weight excluding hydrogens is 397 g/mol. The molecule has 0 radical (unpaired) electrons. The predicted molar refractivity (Wildman–Crippen MR) is 107 cm³/mol. The number of rotatable bonds is 3. The van der Waals surface area contributed by atoms with Gasteiger partial charge in [-0.3, -0.25) is 4.79 Å². The van der Waals surface area contributed by atoms with Gasteiger partial charge in [-0.05, 0) is 44.2 Å². The van der Waals surface area contributed by atoms with Crippen molar-refractivity contribution in [3.63, 3.8) is 0 Å². The van der Waals surface area contributed by atoms with Crippen molar-refractivity contribution in [2.75, 3.05) is 26.3 Å². The van der Waals surface area contributed by atoms with Crippen molar-refractivity contribution in [2.24, 2.45) is 0 Å². The molecule has 1 unspecified atom stereocenters. The zero-order valence-electron chi connectivity index (χ0n) is 16.2. The normalized spacial score (nSPS) is 21.4. The van der Waals surface area contributed by atoms with Crippen LogP contribution in [0.3, 0.4) is 0 Å². The van der Waals surface area contributed by atoms with Gasteiger partial charge in [0.1, 0.15) is 5.82 Å². The van der Waals surface area contributed by atoms with Crippen LogP contribution in [0.5, 0.6) is 11.5 Å². The lowest BCUT2D eigenvalue weighted by Crippen LogP contribution is -2.41. The second kappa shape index (κ2) is 7.69. The number of nitrogens with zero attached hydrogens (tertiary/aromatic N) is 1. The minimum Gasteiger partial charge on any atom is -0.441 e. The van der Waals surface area contributed by atoms with Gasteiger partial charge in [0.15, 0.2) is 11.5 Å². The number of morpholine rings is 1. The van der Waals surface area contributed by atoms with Crippen LogP contribution >= 0.6 is 11.6 Å². The molecule has 4 rings (SSSR count). The maximum Gasteiger partial charge on any atom is 0.301 e. The lowest BCUT2D eigenvalue weighted by atomic mass is 9.98. The third kappa shape index (κ3) is 3.47. The van der Waals surface area contributed by atoms with Crippen LogP contribution in [0.4, 0.5) is 4.39 Å². The Morgan fingerprint density at radius 2 is 1.76 bits per heavy atom. The molecule has 1 amide bonds. The predicted octanol–water partition coefficient (Wildman–Crippen LogP) is 4.54. The molecule has 0 N–H and O–H groups in total. The van der Waals surface area contributed by atoms with Crippen LogP contribution in [0.15, 0.2) is 48.0 Å². The quantitative estimate of drug-likeness (QED) is 0.688. The molecular formula is C22H21ClFNO4. The van der Waals surface area contributed by atoms with Crippen LogP contribution in [-0.4, -0.2) is 37.1 Å². The van der Waals surface area contributed by atoms with E-state index < -0.39 is 11.6 Å². The Bertz CT molecular complexity index is 970. The van der Waals surface area contributed by atoms with Crippen molar-refractivity contribution in [3.8, 4) is 11.5 Å². The van der Waals surface area contributed by atoms with Crippen molar-refractivity contribution in [3.05, 3.63) is 70.0 Å². The van der Waals surface area contributed by atoms with Crippen molar-refractivity contribution >= 4 is 17.5 Å². The Hall–Kier alpha value is -2.57. The third-order valence-corrected chi connectivity index (χ3v) is 5.50. The second-order valence-electron chi connectivity index (χ2n) is 6.98. The molecule has 0 spiro atoms. The van der Waals surface area contributed by atoms with Gasteiger partial charge in [0.05, 0.1) is 18.8 Å². The second-order valence-corrected chi connectivity index (χ2v) is 7.42. The van der Waals surface area contributed by atoms with Gasteiger partial charge in [-0.15, -0.1) is 0 Å². The summed E-state index contributed by atoms with van der Waals surface area (Å²) in [5.41, 5.74) is 1.46. The van der Waals surface area contributed by atoms with E-state index in [1.54, 1.807) is 29.2 Å². The van der Waals surface area contributed by atoms with E-state index in [4.69, 9.17) is 25.8 Å². The topological polar surface area (TPSA) is 48.0 Å². The van der Waals surface area contributed by atoms with Crippen LogP contribution in [0.25, 0.3) is 0 Å². The number of halogens is 2. The zero-order chi connectivity index (χ0) is 20.6. The van der Waals surface area contributed by atoms with Crippen molar-refractivity contribution in [1.29, 1.82) is 0 Å². The molecule has 1 fully saturated rings. The summed E-state index contributed by atoms with van der Waals surface area (Å²) in [6.45, 7) is 5.49. The van der Waals surface area contributed by atoms with Crippen LogP contribution in [0, 0.1) is 5.82 Å². The highest BCUT2D eigenvalue weighted by Crippen LogP contribution is 2.48. The van der Waals surface area contributed by atoms with E-state index in [0.717, 1.165) is 11.1 Å². The van der Waals surface area contributed by atoms with Crippen molar-refractivity contribution in [2.45, 2.75) is 19.6 Å². The van der Waals surface area contributed by atoms with Gasteiger partial charge < -0.3 is 19.1 Å². The third-order valence-electron chi connectivity index (χ3n) is 5.25. The Morgan fingerprint density at radius 1 is 1.14 bits per heavy atom. The van der Waals surface area contributed by atoms with Crippen molar-refractivity contribution in [1.82, 2.24) is 4.90 Å². The molecule has 0 aliphatic carbocycles. The number of hydrogen-bond donors (Lipinski definition) is 0. The first-order chi connectivity index (χ1) is 13.9. The van der Waals surface area contributed by atoms with Crippen LogP contribution in [0.1, 0.15) is 29.8 Å². The molecule has 2 heterocycles. The van der Waals surface area contributed by atoms with Gasteiger partial charge in [-0.1, -0.05) is 17.7 Å². The SMILES string of the molecule is C/C=C(\C)C1(c2ccc(Cl)cc2)Oc2cc(F)c(C(=O)N3CCOCC3)cc2O1. The van der Waals surface area contributed by atoms with Gasteiger partial charge in [-0.25, -0.2) is 4.39 Å². The first kappa shape index (κ1) is 19.7. The summed E-state index contributed by atoms with van der Waals surface area (Å²) < 4.78 is 32.4. The average Bonchev–Trinajstić information content (AvgIpc) is 3.12. The molecule has 29 heavy (non-hydrogen) atoms. The minimum atomic E-state index is -1.24. The molecule has 1 atom stereocenters. The van der Waals surface area contributed by atoms with E-state index in [9.17, 15) is 9.18 Å². The molecule has 2 aromatic carbocycles. The standard InChI is InChI=1S/C22H21ClFNO4/c1-3-14(2)22(15-4-6-16(23)7-5-15)28-19-12-17(18(24)13-20(19)29-22)21(26)25-8-10-27-11-9-25/h3-7,12-13H,8-11H2,1-2H3/b14-3+. The van der Waals surface area contributed by atoms with E-state index in [1.165, 1.54) is 12.1 Å². The first-order valence-electron chi connectivity index (χ1n) is 9.42. The Kier molecular flexibility index (Phi) is 5.23. The molecule has 0 bridgehead atoms. The highest BCUT2D eigenvalue weighted by molar-refractivity contribution is 6.30. The Labute approximate surface area is 173 Å². The summed E-state index contributed by atoms with van der Waals surface area (Å²) in [6.07, 6.45) is 1.87. The van der Waals surface area contributed by atoms with Gasteiger partial charge in [0, 0.05) is 35.3 Å². The van der Waals surface area contributed by atoms with Gasteiger partial charge >= 0.3 is 5.79 Å². The Balaban J connectivity index is 1.72. The molecule has 5 nitrogen and oxygen atoms in total. The van der Waals surface area contributed by atoms with E-state index in [1.807, 2.05) is 19.9 Å². The summed E-state index contributed by atoms with van der Waals surface area (Å²) in [5, 5.41) is 0.585. The molecule has 0 aromatic heterocycles. The smallest absolute Gasteiger partial charge is 0.301 e. The molecule has 2 aliphatic heterocycles. The monoisotopic (exact) mass is 417 g/mol. The number of fused-ring (bicyclic) bond motifs is 1. The fourth-order valence-corrected chi connectivity index (χ4v) is 3.62. The van der Waals surface area contributed by atoms with E-state index >= 15 is 0 Å². The first-order valence-corrected chi connectivity index (χ1v) is 9.80. The van der Waals surface area contributed by atoms with Gasteiger partial charge in [0.25, 0.3) is 5.91 Å². The number of benzene rings is 2. The van der Waals surface area contributed by atoms with E-state index in [0.29, 0.717) is 37.1 Å². The molecule has 2 aliphatic rings. The lowest BCUT2D eigenvalue weighted by Gasteiger charge is -2.29. The number of carbonyl (C=O) groups excluding carboxylic acids is 1. The molecule has 7 heteroatoms. The number of amides is 1. The number of allylic oxidation sites excluding steroid dienone is 1. The maximum absolute atomic E-state index is 14.8. The summed E-state index contributed by atoms with van der Waals surface area (Å²) in [4.78, 5) is 14.4. The number of hydrogen-bond acceptors (Lipinski definition) is 4. The molecule has 152 valence electrons. The number of ether oxygens (including phenoxy) is 3. The van der Waals surface area contributed by atoms with Crippen LogP contribution < -0.4 is 9.47 Å².